The third-order valence-electron chi connectivity index (χ3n) is 4.62. The van der Waals surface area contributed by atoms with Crippen molar-refractivity contribution in [2.45, 2.75) is 33.6 Å². The van der Waals surface area contributed by atoms with Gasteiger partial charge >= 0.3 is 0 Å². The van der Waals surface area contributed by atoms with Crippen LogP contribution in [0.4, 0.5) is 0 Å². The molecule has 0 saturated carbocycles. The van der Waals surface area contributed by atoms with Crippen LogP contribution in [0.3, 0.4) is 0 Å². The monoisotopic (exact) mass is 372 g/mol. The Morgan fingerprint density at radius 1 is 0.909 bits per heavy atom. The second kappa shape index (κ2) is 6.10. The van der Waals surface area contributed by atoms with E-state index >= 15 is 0 Å². The summed E-state index contributed by atoms with van der Waals surface area (Å²) in [5, 5.41) is 0.781. The number of imide groups is 2. The Morgan fingerprint density at radius 3 is 1.77 bits per heavy atom. The highest BCUT2D eigenvalue weighted by molar-refractivity contribution is 9.09. The predicted molar refractivity (Wildman–Crippen MR) is 82.9 cm³/mol. The molecule has 0 aromatic carbocycles. The summed E-state index contributed by atoms with van der Waals surface area (Å²) >= 11 is 3.30. The van der Waals surface area contributed by atoms with Crippen molar-refractivity contribution in [3.63, 3.8) is 0 Å². The fourth-order valence-corrected chi connectivity index (χ4v) is 3.78. The van der Waals surface area contributed by atoms with E-state index in [1.807, 2.05) is 0 Å². The zero-order valence-electron chi connectivity index (χ0n) is 13.1. The fraction of sp³-hybridized carbons (Fsp3) is 0.733. The molecule has 0 aromatic heterocycles. The lowest BCUT2D eigenvalue weighted by Crippen LogP contribution is -2.70. The van der Waals surface area contributed by atoms with Crippen LogP contribution in [-0.4, -0.2) is 51.8 Å². The first-order valence-corrected chi connectivity index (χ1v) is 8.67. The molecule has 0 N–H and O–H groups in total. The van der Waals surface area contributed by atoms with Gasteiger partial charge in [0, 0.05) is 23.8 Å². The Morgan fingerprint density at radius 2 is 1.36 bits per heavy atom. The van der Waals surface area contributed by atoms with E-state index in [0.29, 0.717) is 6.42 Å². The highest BCUT2D eigenvalue weighted by atomic mass is 79.9. The van der Waals surface area contributed by atoms with Gasteiger partial charge in [-0.1, -0.05) is 29.8 Å². The second-order valence-electron chi connectivity index (χ2n) is 6.33. The van der Waals surface area contributed by atoms with Gasteiger partial charge in [0.25, 0.3) is 0 Å². The number of alkyl halides is 1. The molecule has 0 spiro atoms. The summed E-state index contributed by atoms with van der Waals surface area (Å²) in [6, 6.07) is 0. The molecule has 7 heteroatoms. The maximum absolute atomic E-state index is 12.7. The highest BCUT2D eigenvalue weighted by Gasteiger charge is 2.64. The normalized spacial score (nSPS) is 27.6. The number of likely N-dealkylation sites (tertiary alicyclic amines) is 2. The van der Waals surface area contributed by atoms with Crippen LogP contribution in [-0.2, 0) is 19.2 Å². The van der Waals surface area contributed by atoms with Crippen molar-refractivity contribution in [2.75, 3.05) is 18.4 Å². The van der Waals surface area contributed by atoms with Crippen LogP contribution in [0.2, 0.25) is 0 Å². The van der Waals surface area contributed by atoms with Gasteiger partial charge in [-0.15, -0.1) is 0 Å². The fourth-order valence-electron chi connectivity index (χ4n) is 3.39. The summed E-state index contributed by atoms with van der Waals surface area (Å²) in [5.74, 6) is -3.77. The maximum Gasteiger partial charge on any atom is 0.242 e. The van der Waals surface area contributed by atoms with E-state index < -0.39 is 40.9 Å². The standard InChI is InChI=1S/C15H21BrN2O4/c1-4-17-11(19)9-13(21)18(8-6-5-7-16)14(22)10(12(17)20)15(9,2)3/h9-10H,4-8H2,1-3H3. The quantitative estimate of drug-likeness (QED) is 0.314. The van der Waals surface area contributed by atoms with Gasteiger partial charge in [-0.05, 0) is 19.8 Å². The molecule has 2 rings (SSSR count). The van der Waals surface area contributed by atoms with Gasteiger partial charge in [-0.25, -0.2) is 0 Å². The first-order chi connectivity index (χ1) is 10.3. The van der Waals surface area contributed by atoms with E-state index in [1.54, 1.807) is 20.8 Å². The summed E-state index contributed by atoms with van der Waals surface area (Å²) in [6.45, 7) is 5.45. The number of fused-ring (bicyclic) bond motifs is 2. The number of hydrogen-bond acceptors (Lipinski definition) is 4. The van der Waals surface area contributed by atoms with E-state index in [1.165, 1.54) is 0 Å². The van der Waals surface area contributed by atoms with E-state index in [9.17, 15) is 19.2 Å². The SMILES string of the molecule is CCN1C(=O)C2C(=O)N(CCCCBr)C(=O)C(C1=O)C2(C)C. The zero-order valence-corrected chi connectivity index (χ0v) is 14.7. The average molecular weight is 373 g/mol. The lowest BCUT2D eigenvalue weighted by atomic mass is 9.62. The Bertz CT molecular complexity index is 494. The number of hydrogen-bond donors (Lipinski definition) is 0. The Balaban J connectivity index is 2.39. The molecule has 122 valence electrons. The van der Waals surface area contributed by atoms with Crippen LogP contribution in [0.1, 0.15) is 33.6 Å². The number of carbonyl (C=O) groups is 4. The molecule has 2 aliphatic heterocycles. The third kappa shape index (κ3) is 2.39. The number of unbranched alkanes of at least 4 members (excludes halogenated alkanes) is 1. The molecule has 6 nitrogen and oxygen atoms in total. The van der Waals surface area contributed by atoms with Crippen molar-refractivity contribution in [1.29, 1.82) is 0 Å². The number of halogens is 1. The third-order valence-corrected chi connectivity index (χ3v) is 5.18. The van der Waals surface area contributed by atoms with Crippen molar-refractivity contribution < 1.29 is 19.2 Å². The topological polar surface area (TPSA) is 74.8 Å². The summed E-state index contributed by atoms with van der Waals surface area (Å²) in [6.07, 6.45) is 1.47. The van der Waals surface area contributed by atoms with Gasteiger partial charge in [-0.3, -0.25) is 29.0 Å². The first kappa shape index (κ1) is 17.1. The zero-order chi connectivity index (χ0) is 16.7. The molecule has 0 aliphatic carbocycles. The molecular formula is C15H21BrN2O4. The molecule has 2 heterocycles. The first-order valence-electron chi connectivity index (χ1n) is 7.55. The number of carbonyl (C=O) groups excluding carboxylic acids is 4. The van der Waals surface area contributed by atoms with Gasteiger partial charge < -0.3 is 0 Å². The Hall–Kier alpha value is -1.24. The van der Waals surface area contributed by atoms with Crippen molar-refractivity contribution in [1.82, 2.24) is 9.80 Å². The van der Waals surface area contributed by atoms with Crippen LogP contribution >= 0.6 is 15.9 Å². The predicted octanol–water partition coefficient (Wildman–Crippen LogP) is 1.18. The molecule has 2 atom stereocenters. The van der Waals surface area contributed by atoms with Crippen molar-refractivity contribution in [2.24, 2.45) is 17.3 Å². The van der Waals surface area contributed by atoms with E-state index in [2.05, 4.69) is 15.9 Å². The lowest BCUT2D eigenvalue weighted by molar-refractivity contribution is -0.183. The Labute approximate surface area is 138 Å². The Kier molecular flexibility index (Phi) is 4.75. The molecule has 2 fully saturated rings. The summed E-state index contributed by atoms with van der Waals surface area (Å²) < 4.78 is 0. The summed E-state index contributed by atoms with van der Waals surface area (Å²) in [5.41, 5.74) is -0.958. The average Bonchev–Trinajstić information content (AvgIpc) is 2.41. The largest absolute Gasteiger partial charge is 0.281 e. The van der Waals surface area contributed by atoms with Crippen LogP contribution in [0.25, 0.3) is 0 Å². The highest BCUT2D eigenvalue weighted by Crippen LogP contribution is 2.46. The molecule has 2 unspecified atom stereocenters. The van der Waals surface area contributed by atoms with E-state index in [4.69, 9.17) is 0 Å². The molecule has 4 amide bonds. The molecular weight excluding hydrogens is 352 g/mol. The van der Waals surface area contributed by atoms with Crippen molar-refractivity contribution >= 4 is 39.6 Å². The van der Waals surface area contributed by atoms with Crippen LogP contribution < -0.4 is 0 Å². The summed E-state index contributed by atoms with van der Waals surface area (Å²) in [7, 11) is 0. The minimum absolute atomic E-state index is 0.185. The number of nitrogens with zero attached hydrogens (tertiary/aromatic N) is 2. The van der Waals surface area contributed by atoms with Gasteiger partial charge in [0.2, 0.25) is 23.6 Å². The van der Waals surface area contributed by atoms with Gasteiger partial charge in [-0.2, -0.15) is 0 Å². The number of rotatable bonds is 5. The van der Waals surface area contributed by atoms with Gasteiger partial charge in [0.05, 0.1) is 0 Å². The van der Waals surface area contributed by atoms with Crippen LogP contribution in [0.5, 0.6) is 0 Å². The molecule has 0 aromatic rings. The molecule has 2 aliphatic rings. The molecule has 2 bridgehead atoms. The van der Waals surface area contributed by atoms with Gasteiger partial charge in [0.15, 0.2) is 0 Å². The van der Waals surface area contributed by atoms with Crippen molar-refractivity contribution in [3.8, 4) is 0 Å². The second-order valence-corrected chi connectivity index (χ2v) is 7.13. The van der Waals surface area contributed by atoms with E-state index in [0.717, 1.165) is 21.6 Å². The van der Waals surface area contributed by atoms with Gasteiger partial charge in [0.1, 0.15) is 11.8 Å². The minimum Gasteiger partial charge on any atom is -0.281 e. The summed E-state index contributed by atoms with van der Waals surface area (Å²) in [4.78, 5) is 52.6. The minimum atomic E-state index is -0.958. The van der Waals surface area contributed by atoms with Crippen LogP contribution in [0.15, 0.2) is 0 Å². The maximum atomic E-state index is 12.7. The molecule has 22 heavy (non-hydrogen) atoms. The molecule has 2 saturated heterocycles. The van der Waals surface area contributed by atoms with Crippen LogP contribution in [0, 0.1) is 17.3 Å². The smallest absolute Gasteiger partial charge is 0.242 e. The van der Waals surface area contributed by atoms with Crippen molar-refractivity contribution in [3.05, 3.63) is 0 Å². The van der Waals surface area contributed by atoms with E-state index in [-0.39, 0.29) is 13.1 Å². The number of amides is 4. The molecule has 0 radical (unpaired) electrons. The lowest BCUT2D eigenvalue weighted by Gasteiger charge is -2.51. The number of piperidine rings is 2.